The van der Waals surface area contributed by atoms with Gasteiger partial charge in [-0.05, 0) is 30.0 Å². The number of H-pyrrole nitrogens is 1. The Hall–Kier alpha value is -2.16. The number of aromatic nitrogens is 3. The highest BCUT2D eigenvalue weighted by molar-refractivity contribution is 7.17. The van der Waals surface area contributed by atoms with E-state index in [0.29, 0.717) is 31.0 Å². The molecule has 126 valence electrons. The van der Waals surface area contributed by atoms with Gasteiger partial charge in [0.15, 0.2) is 0 Å². The summed E-state index contributed by atoms with van der Waals surface area (Å²) in [5, 5.41) is 25.2. The van der Waals surface area contributed by atoms with Gasteiger partial charge in [-0.25, -0.2) is 0 Å². The minimum Gasteiger partial charge on any atom is -0.393 e. The number of thiophene rings is 1. The summed E-state index contributed by atoms with van der Waals surface area (Å²) in [5.74, 6) is -0.0303. The van der Waals surface area contributed by atoms with E-state index < -0.39 is 6.10 Å². The van der Waals surface area contributed by atoms with Crippen molar-refractivity contribution in [1.29, 1.82) is 0 Å². The van der Waals surface area contributed by atoms with Crippen molar-refractivity contribution in [3.05, 3.63) is 40.7 Å². The molecule has 0 aliphatic carbocycles. The van der Waals surface area contributed by atoms with Gasteiger partial charge in [-0.1, -0.05) is 0 Å². The maximum atomic E-state index is 12.8. The second-order valence-corrected chi connectivity index (χ2v) is 6.89. The zero-order chi connectivity index (χ0) is 16.7. The molecular formula is C16H18N4O3S. The first-order valence-electron chi connectivity index (χ1n) is 7.87. The maximum absolute atomic E-state index is 12.8. The van der Waals surface area contributed by atoms with Gasteiger partial charge in [-0.3, -0.25) is 9.48 Å². The molecule has 1 aliphatic rings. The molecule has 4 rings (SSSR count). The Labute approximate surface area is 142 Å². The Balaban J connectivity index is 1.58. The van der Waals surface area contributed by atoms with E-state index in [4.69, 9.17) is 5.11 Å². The summed E-state index contributed by atoms with van der Waals surface area (Å²) in [6.07, 6.45) is -0.187. The molecular weight excluding hydrogens is 328 g/mol. The molecule has 24 heavy (non-hydrogen) atoms. The zero-order valence-electron chi connectivity index (χ0n) is 13.0. The molecule has 8 heteroatoms. The fourth-order valence-corrected chi connectivity index (χ4v) is 3.83. The van der Waals surface area contributed by atoms with Crippen molar-refractivity contribution < 1.29 is 15.0 Å². The maximum Gasteiger partial charge on any atom is 0.270 e. The number of nitrogens with one attached hydrogen (secondary N) is 1. The average Bonchev–Trinajstić information content (AvgIpc) is 3.25. The van der Waals surface area contributed by atoms with E-state index in [1.54, 1.807) is 22.3 Å². The smallest absolute Gasteiger partial charge is 0.270 e. The van der Waals surface area contributed by atoms with Crippen molar-refractivity contribution in [1.82, 2.24) is 19.7 Å². The first kappa shape index (κ1) is 15.4. The van der Waals surface area contributed by atoms with Crippen LogP contribution in [0.15, 0.2) is 23.6 Å². The first-order chi connectivity index (χ1) is 11.7. The number of carbonyl (C=O) groups is 1. The quantitative estimate of drug-likeness (QED) is 0.670. The van der Waals surface area contributed by atoms with Crippen molar-refractivity contribution in [3.63, 3.8) is 0 Å². The van der Waals surface area contributed by atoms with Crippen LogP contribution in [-0.2, 0) is 13.1 Å². The van der Waals surface area contributed by atoms with Crippen molar-refractivity contribution in [2.24, 2.45) is 0 Å². The fourth-order valence-electron chi connectivity index (χ4n) is 3.05. The van der Waals surface area contributed by atoms with Crippen LogP contribution in [0.2, 0.25) is 0 Å². The van der Waals surface area contributed by atoms with Gasteiger partial charge in [0.1, 0.15) is 11.8 Å². The van der Waals surface area contributed by atoms with Gasteiger partial charge >= 0.3 is 0 Å². The Morgan fingerprint density at radius 2 is 2.29 bits per heavy atom. The lowest BCUT2D eigenvalue weighted by Crippen LogP contribution is -2.30. The van der Waals surface area contributed by atoms with Gasteiger partial charge in [-0.2, -0.15) is 5.10 Å². The Kier molecular flexibility index (Phi) is 3.87. The van der Waals surface area contributed by atoms with Crippen LogP contribution in [0.25, 0.3) is 10.2 Å². The summed E-state index contributed by atoms with van der Waals surface area (Å²) in [7, 11) is 0. The molecule has 4 heterocycles. The number of fused-ring (bicyclic) bond motifs is 2. The molecule has 0 aromatic carbocycles. The molecule has 0 spiro atoms. The highest BCUT2D eigenvalue weighted by Gasteiger charge is 2.24. The third kappa shape index (κ3) is 2.62. The largest absolute Gasteiger partial charge is 0.393 e. The van der Waals surface area contributed by atoms with E-state index in [1.807, 2.05) is 22.2 Å². The van der Waals surface area contributed by atoms with Crippen LogP contribution in [0.4, 0.5) is 0 Å². The number of aliphatic hydroxyl groups is 2. The van der Waals surface area contributed by atoms with Crippen molar-refractivity contribution in [2.45, 2.75) is 25.6 Å². The molecule has 0 radical (unpaired) electrons. The molecule has 0 saturated heterocycles. The molecule has 1 aliphatic heterocycles. The van der Waals surface area contributed by atoms with Crippen LogP contribution >= 0.6 is 11.3 Å². The molecule has 7 nitrogen and oxygen atoms in total. The highest BCUT2D eigenvalue weighted by atomic mass is 32.1. The average molecular weight is 346 g/mol. The summed E-state index contributed by atoms with van der Waals surface area (Å²) in [6, 6.07) is 5.63. The second kappa shape index (κ2) is 6.04. The Morgan fingerprint density at radius 3 is 3.08 bits per heavy atom. The number of amides is 1. The van der Waals surface area contributed by atoms with Gasteiger partial charge in [0.2, 0.25) is 0 Å². The number of rotatable bonds is 3. The van der Waals surface area contributed by atoms with Crippen LogP contribution in [0, 0.1) is 0 Å². The summed E-state index contributed by atoms with van der Waals surface area (Å²) in [6.45, 7) is 1.43. The van der Waals surface area contributed by atoms with Gasteiger partial charge in [0.05, 0.1) is 34.8 Å². The van der Waals surface area contributed by atoms with Crippen LogP contribution in [0.1, 0.15) is 34.4 Å². The topological polar surface area (TPSA) is 94.4 Å². The number of aryl methyl sites for hydroxylation is 1. The number of aromatic amines is 1. The van der Waals surface area contributed by atoms with Gasteiger partial charge in [0, 0.05) is 13.1 Å². The summed E-state index contributed by atoms with van der Waals surface area (Å²) in [4.78, 5) is 17.8. The number of carbonyl (C=O) groups excluding carboxylic acids is 1. The lowest BCUT2D eigenvalue weighted by molar-refractivity contribution is 0.0740. The Morgan fingerprint density at radius 1 is 1.42 bits per heavy atom. The summed E-state index contributed by atoms with van der Waals surface area (Å²) >= 11 is 1.61. The van der Waals surface area contributed by atoms with E-state index in [-0.39, 0.29) is 12.5 Å². The van der Waals surface area contributed by atoms with E-state index in [0.717, 1.165) is 22.3 Å². The molecule has 3 aromatic rings. The van der Waals surface area contributed by atoms with Crippen LogP contribution in [-0.4, -0.2) is 48.9 Å². The van der Waals surface area contributed by atoms with Gasteiger partial charge < -0.3 is 20.1 Å². The standard InChI is InChI=1S/C16H18N4O3S/c21-9-14(22)12-6-10-8-19(3-1-4-20(10)18-12)16(23)13-7-15-11(17-13)2-5-24-15/h2,5-7,14,17,21-22H,1,3-4,8-9H2/t14-/m1/s1. The van der Waals surface area contributed by atoms with Gasteiger partial charge in [0.25, 0.3) is 5.91 Å². The predicted octanol–water partition coefficient (Wildman–Crippen LogP) is 1.50. The molecule has 0 saturated carbocycles. The third-order valence-corrected chi connectivity index (χ3v) is 5.17. The fraction of sp³-hybridized carbons (Fsp3) is 0.375. The van der Waals surface area contributed by atoms with E-state index in [1.165, 1.54) is 0 Å². The van der Waals surface area contributed by atoms with E-state index in [9.17, 15) is 9.90 Å². The number of hydrogen-bond acceptors (Lipinski definition) is 5. The second-order valence-electron chi connectivity index (χ2n) is 5.94. The van der Waals surface area contributed by atoms with E-state index >= 15 is 0 Å². The van der Waals surface area contributed by atoms with Crippen LogP contribution < -0.4 is 0 Å². The number of nitrogens with zero attached hydrogens (tertiary/aromatic N) is 3. The molecule has 3 N–H and O–H groups in total. The Bertz CT molecular complexity index is 853. The molecule has 0 bridgehead atoms. The van der Waals surface area contributed by atoms with Gasteiger partial charge in [-0.15, -0.1) is 11.3 Å². The van der Waals surface area contributed by atoms with Crippen LogP contribution in [0.5, 0.6) is 0 Å². The summed E-state index contributed by atoms with van der Waals surface area (Å²) in [5.41, 5.74) is 2.90. The number of aliphatic hydroxyl groups excluding tert-OH is 2. The van der Waals surface area contributed by atoms with Crippen molar-refractivity contribution >= 4 is 27.5 Å². The molecule has 0 unspecified atom stereocenters. The predicted molar refractivity (Wildman–Crippen MR) is 89.8 cm³/mol. The minimum atomic E-state index is -0.983. The normalized spacial score (nSPS) is 16.2. The van der Waals surface area contributed by atoms with Crippen molar-refractivity contribution in [3.8, 4) is 0 Å². The van der Waals surface area contributed by atoms with Crippen LogP contribution in [0.3, 0.4) is 0 Å². The molecule has 1 amide bonds. The monoisotopic (exact) mass is 346 g/mol. The van der Waals surface area contributed by atoms with E-state index in [2.05, 4.69) is 10.1 Å². The van der Waals surface area contributed by atoms with Crippen molar-refractivity contribution in [2.75, 3.05) is 13.2 Å². The third-order valence-electron chi connectivity index (χ3n) is 4.30. The molecule has 0 fully saturated rings. The minimum absolute atomic E-state index is 0.0303. The summed E-state index contributed by atoms with van der Waals surface area (Å²) < 4.78 is 2.89. The zero-order valence-corrected chi connectivity index (χ0v) is 13.8. The lowest BCUT2D eigenvalue weighted by atomic mass is 10.2. The SMILES string of the molecule is O=C(c1cc2sccc2[nH]1)N1CCCn2nc([C@H](O)CO)cc2C1. The molecule has 1 atom stereocenters. The number of hydrogen-bond donors (Lipinski definition) is 3. The highest BCUT2D eigenvalue weighted by Crippen LogP contribution is 2.24. The lowest BCUT2D eigenvalue weighted by Gasteiger charge is -2.19. The first-order valence-corrected chi connectivity index (χ1v) is 8.74. The molecule has 3 aromatic heterocycles.